The van der Waals surface area contributed by atoms with E-state index >= 15 is 0 Å². The molecule has 0 saturated heterocycles. The van der Waals surface area contributed by atoms with E-state index < -0.39 is 15.9 Å². The highest BCUT2D eigenvalue weighted by molar-refractivity contribution is 7.89. The summed E-state index contributed by atoms with van der Waals surface area (Å²) >= 11 is 1.32. The number of sulfonamides is 1. The summed E-state index contributed by atoms with van der Waals surface area (Å²) in [4.78, 5) is 26.0. The average molecular weight is 472 g/mol. The van der Waals surface area contributed by atoms with E-state index in [2.05, 4.69) is 10.6 Å². The van der Waals surface area contributed by atoms with Crippen LogP contribution in [0, 0.1) is 13.8 Å². The van der Waals surface area contributed by atoms with E-state index in [4.69, 9.17) is 0 Å². The number of nitrogens with zero attached hydrogens (tertiary/aromatic N) is 1. The highest BCUT2D eigenvalue weighted by Crippen LogP contribution is 2.32. The number of hydrogen-bond acceptors (Lipinski definition) is 5. The summed E-state index contributed by atoms with van der Waals surface area (Å²) < 4.78 is 27.0. The van der Waals surface area contributed by atoms with Crippen molar-refractivity contribution >= 4 is 38.2 Å². The number of nitrogens with one attached hydrogen (secondary N) is 2. The van der Waals surface area contributed by atoms with Crippen molar-refractivity contribution in [1.29, 1.82) is 0 Å². The Labute approximate surface area is 192 Å². The lowest BCUT2D eigenvalue weighted by Gasteiger charge is -2.17. The van der Waals surface area contributed by atoms with Gasteiger partial charge < -0.3 is 10.6 Å². The first kappa shape index (κ1) is 23.6. The van der Waals surface area contributed by atoms with Gasteiger partial charge in [0, 0.05) is 31.1 Å². The van der Waals surface area contributed by atoms with Crippen LogP contribution in [0.15, 0.2) is 59.5 Å². The highest BCUT2D eigenvalue weighted by atomic mass is 32.2. The quantitative estimate of drug-likeness (QED) is 0.548. The van der Waals surface area contributed by atoms with Gasteiger partial charge in [0.2, 0.25) is 10.0 Å². The Hall–Kier alpha value is -3.01. The summed E-state index contributed by atoms with van der Waals surface area (Å²) in [5.74, 6) is -0.692. The molecule has 0 fully saturated rings. The number of carbonyl (C=O) groups is 2. The molecule has 0 unspecified atom stereocenters. The van der Waals surface area contributed by atoms with Gasteiger partial charge in [-0.15, -0.1) is 11.3 Å². The summed E-state index contributed by atoms with van der Waals surface area (Å²) in [6.07, 6.45) is 0. The Morgan fingerprint density at radius 3 is 2.19 bits per heavy atom. The van der Waals surface area contributed by atoms with Gasteiger partial charge in [-0.2, -0.15) is 4.31 Å². The van der Waals surface area contributed by atoms with Crippen LogP contribution in [0.2, 0.25) is 0 Å². The maximum atomic E-state index is 12.9. The number of rotatable bonds is 7. The fraction of sp³-hybridized carbons (Fsp3) is 0.217. The van der Waals surface area contributed by atoms with E-state index in [1.807, 2.05) is 44.2 Å². The average Bonchev–Trinajstić information content (AvgIpc) is 3.06. The van der Waals surface area contributed by atoms with Gasteiger partial charge in [-0.3, -0.25) is 9.59 Å². The van der Waals surface area contributed by atoms with Gasteiger partial charge in [0.1, 0.15) is 5.00 Å². The number of carbonyl (C=O) groups excluding carboxylic acids is 2. The van der Waals surface area contributed by atoms with Crippen molar-refractivity contribution < 1.29 is 18.0 Å². The van der Waals surface area contributed by atoms with Gasteiger partial charge in [0.05, 0.1) is 10.5 Å². The molecule has 2 aromatic carbocycles. The first-order valence-electron chi connectivity index (χ1n) is 9.89. The fourth-order valence-electron chi connectivity index (χ4n) is 3.17. The molecule has 0 aliphatic carbocycles. The third-order valence-electron chi connectivity index (χ3n) is 5.14. The van der Waals surface area contributed by atoms with E-state index in [0.717, 1.165) is 16.0 Å². The molecule has 0 aliphatic heterocycles. The van der Waals surface area contributed by atoms with Crippen LogP contribution in [0.1, 0.15) is 36.7 Å². The van der Waals surface area contributed by atoms with Crippen molar-refractivity contribution in [2.24, 2.45) is 0 Å². The molecular formula is C23H25N3O4S2. The predicted octanol–water partition coefficient (Wildman–Crippen LogP) is 3.80. The lowest BCUT2D eigenvalue weighted by Crippen LogP contribution is -2.26. The molecule has 168 valence electrons. The van der Waals surface area contributed by atoms with Gasteiger partial charge in [0.25, 0.3) is 11.8 Å². The molecule has 0 radical (unpaired) electrons. The van der Waals surface area contributed by atoms with E-state index in [9.17, 15) is 18.0 Å². The lowest BCUT2D eigenvalue weighted by molar-refractivity contribution is 0.0963. The molecule has 0 saturated carbocycles. The fourth-order valence-corrected chi connectivity index (χ4v) is 5.38. The Balaban J connectivity index is 1.78. The Bertz CT molecular complexity index is 1230. The van der Waals surface area contributed by atoms with Crippen LogP contribution in [-0.2, 0) is 16.6 Å². The molecule has 3 aromatic rings. The molecule has 9 heteroatoms. The van der Waals surface area contributed by atoms with Crippen molar-refractivity contribution in [2.75, 3.05) is 19.4 Å². The van der Waals surface area contributed by atoms with Gasteiger partial charge in [-0.1, -0.05) is 30.3 Å². The predicted molar refractivity (Wildman–Crippen MR) is 127 cm³/mol. The van der Waals surface area contributed by atoms with Crippen molar-refractivity contribution in [2.45, 2.75) is 25.3 Å². The monoisotopic (exact) mass is 471 g/mol. The summed E-state index contributed by atoms with van der Waals surface area (Å²) in [6.45, 7) is 3.95. The van der Waals surface area contributed by atoms with Crippen molar-refractivity contribution in [1.82, 2.24) is 9.62 Å². The van der Waals surface area contributed by atoms with E-state index in [-0.39, 0.29) is 17.3 Å². The van der Waals surface area contributed by atoms with Gasteiger partial charge in [-0.25, -0.2) is 8.42 Å². The summed E-state index contributed by atoms with van der Waals surface area (Å²) in [7, 11) is -0.657. The third kappa shape index (κ3) is 4.90. The Kier molecular flexibility index (Phi) is 7.12. The van der Waals surface area contributed by atoms with Crippen molar-refractivity contribution in [3.63, 3.8) is 0 Å². The standard InChI is InChI=1S/C23H25N3O4S2/c1-15-16(2)31-23(20(15)22(28)24-3)25-21(27)18-10-12-19(13-11-18)32(29,30)26(4)14-17-8-6-5-7-9-17/h5-13H,14H2,1-4H3,(H,24,28)(H,25,27). The second-order valence-corrected chi connectivity index (χ2v) is 10.6. The largest absolute Gasteiger partial charge is 0.355 e. The first-order chi connectivity index (χ1) is 15.1. The molecular weight excluding hydrogens is 446 g/mol. The summed E-state index contributed by atoms with van der Waals surface area (Å²) in [5.41, 5.74) is 2.42. The lowest BCUT2D eigenvalue weighted by atomic mass is 10.1. The maximum absolute atomic E-state index is 12.9. The molecule has 0 spiro atoms. The number of benzene rings is 2. The number of hydrogen-bond donors (Lipinski definition) is 2. The van der Waals surface area contributed by atoms with Gasteiger partial charge in [0.15, 0.2) is 0 Å². The minimum atomic E-state index is -3.71. The number of aryl methyl sites for hydroxylation is 1. The van der Waals surface area contributed by atoms with E-state index in [1.165, 1.54) is 54.0 Å². The maximum Gasteiger partial charge on any atom is 0.256 e. The third-order valence-corrected chi connectivity index (χ3v) is 8.08. The number of amides is 2. The molecule has 0 aliphatic rings. The van der Waals surface area contributed by atoms with Crippen LogP contribution in [0.25, 0.3) is 0 Å². The highest BCUT2D eigenvalue weighted by Gasteiger charge is 2.23. The molecule has 0 atom stereocenters. The Morgan fingerprint density at radius 2 is 1.59 bits per heavy atom. The zero-order chi connectivity index (χ0) is 23.5. The van der Waals surface area contributed by atoms with Crippen LogP contribution in [0.4, 0.5) is 5.00 Å². The molecule has 2 N–H and O–H groups in total. The summed E-state index contributed by atoms with van der Waals surface area (Å²) in [6, 6.07) is 15.1. The summed E-state index contributed by atoms with van der Waals surface area (Å²) in [5, 5.41) is 5.82. The Morgan fingerprint density at radius 1 is 0.969 bits per heavy atom. The van der Waals surface area contributed by atoms with Gasteiger partial charge in [-0.05, 0) is 49.2 Å². The smallest absolute Gasteiger partial charge is 0.256 e. The molecule has 2 amide bonds. The first-order valence-corrected chi connectivity index (χ1v) is 12.1. The van der Waals surface area contributed by atoms with Crippen LogP contribution in [-0.4, -0.2) is 38.6 Å². The topological polar surface area (TPSA) is 95.6 Å². The molecule has 1 aromatic heterocycles. The van der Waals surface area contributed by atoms with E-state index in [1.54, 1.807) is 0 Å². The number of thiophene rings is 1. The van der Waals surface area contributed by atoms with Gasteiger partial charge >= 0.3 is 0 Å². The molecule has 1 heterocycles. The molecule has 3 rings (SSSR count). The molecule has 0 bridgehead atoms. The zero-order valence-corrected chi connectivity index (χ0v) is 19.9. The normalized spacial score (nSPS) is 11.4. The van der Waals surface area contributed by atoms with Crippen LogP contribution in [0.3, 0.4) is 0 Å². The van der Waals surface area contributed by atoms with Crippen LogP contribution < -0.4 is 10.6 Å². The zero-order valence-electron chi connectivity index (χ0n) is 18.3. The second-order valence-electron chi connectivity index (χ2n) is 7.29. The van der Waals surface area contributed by atoms with Crippen LogP contribution in [0.5, 0.6) is 0 Å². The molecule has 7 nitrogen and oxygen atoms in total. The van der Waals surface area contributed by atoms with E-state index in [0.29, 0.717) is 16.1 Å². The second kappa shape index (κ2) is 9.64. The van der Waals surface area contributed by atoms with Crippen molar-refractivity contribution in [3.05, 3.63) is 81.7 Å². The van der Waals surface area contributed by atoms with Crippen molar-refractivity contribution in [3.8, 4) is 0 Å². The minimum Gasteiger partial charge on any atom is -0.355 e. The number of anilines is 1. The minimum absolute atomic E-state index is 0.0985. The van der Waals surface area contributed by atoms with Crippen LogP contribution >= 0.6 is 11.3 Å². The SMILES string of the molecule is CNC(=O)c1c(NC(=O)c2ccc(S(=O)(=O)N(C)Cc3ccccc3)cc2)sc(C)c1C. The molecule has 32 heavy (non-hydrogen) atoms.